The maximum absolute atomic E-state index is 13.3. The van der Waals surface area contributed by atoms with E-state index < -0.39 is 35.7 Å². The minimum Gasteiger partial charge on any atom is -0.497 e. The number of ketones is 1. The molecule has 0 amide bonds. The van der Waals surface area contributed by atoms with E-state index in [2.05, 4.69) is 5.32 Å². The van der Waals surface area contributed by atoms with Crippen LogP contribution in [0.4, 0.5) is 8.78 Å². The molecule has 2 rings (SSSR count). The molecule has 0 radical (unpaired) electrons. The quantitative estimate of drug-likeness (QED) is 0.805. The van der Waals surface area contributed by atoms with Gasteiger partial charge in [0.25, 0.3) is 0 Å². The van der Waals surface area contributed by atoms with Gasteiger partial charge < -0.3 is 14.8 Å². The number of ether oxygens (including phenoxy) is 2. The maximum Gasteiger partial charge on any atom is 0.318 e. The summed E-state index contributed by atoms with van der Waals surface area (Å²) in [6.07, 6.45) is -0.0388. The number of Topliss-reactive ketones (excluding diaryl/α,β-unsaturated/α-hetero) is 1. The van der Waals surface area contributed by atoms with E-state index in [0.29, 0.717) is 5.75 Å². The highest BCUT2D eigenvalue weighted by Crippen LogP contribution is 2.31. The molecule has 24 heavy (non-hydrogen) atoms. The van der Waals surface area contributed by atoms with Gasteiger partial charge in [0, 0.05) is 0 Å². The summed E-state index contributed by atoms with van der Waals surface area (Å²) in [6.45, 7) is 2.53. The van der Waals surface area contributed by atoms with E-state index in [4.69, 9.17) is 9.47 Å². The number of hydrogen-bond acceptors (Lipinski definition) is 5. The minimum absolute atomic E-state index is 0.0388. The van der Waals surface area contributed by atoms with Crippen LogP contribution in [0.1, 0.15) is 25.8 Å². The summed E-state index contributed by atoms with van der Waals surface area (Å²) in [5.41, 5.74) is -0.276. The number of nitrogens with one attached hydrogen (secondary N) is 1. The zero-order valence-corrected chi connectivity index (χ0v) is 13.9. The highest BCUT2D eigenvalue weighted by Gasteiger charge is 2.51. The molecule has 1 fully saturated rings. The van der Waals surface area contributed by atoms with Crippen LogP contribution < -0.4 is 10.1 Å². The molecule has 0 saturated carbocycles. The summed E-state index contributed by atoms with van der Waals surface area (Å²) in [6, 6.07) is 5.99. The second kappa shape index (κ2) is 6.84. The van der Waals surface area contributed by atoms with Crippen molar-refractivity contribution in [1.82, 2.24) is 5.32 Å². The molecule has 1 saturated heterocycles. The first kappa shape index (κ1) is 18.3. The standard InChI is InChI=1S/C17H21F2NO4/c1-16(2,8-13-14(21)17(18,19)10-20-13)15(22)24-9-11-4-6-12(23-3)7-5-11/h4-7,13,20H,8-10H2,1-3H3/t13-/m1/s1. The Hall–Kier alpha value is -2.02. The molecule has 0 aliphatic carbocycles. The first-order valence-electron chi connectivity index (χ1n) is 7.61. The predicted octanol–water partition coefficient (Wildman–Crippen LogP) is 2.33. The van der Waals surface area contributed by atoms with E-state index in [1.807, 2.05) is 0 Å². The maximum atomic E-state index is 13.3. The number of carbonyl (C=O) groups is 2. The fraction of sp³-hybridized carbons (Fsp3) is 0.529. The van der Waals surface area contributed by atoms with Gasteiger partial charge in [-0.3, -0.25) is 9.59 Å². The van der Waals surface area contributed by atoms with Crippen LogP contribution in [0.15, 0.2) is 24.3 Å². The van der Waals surface area contributed by atoms with Crippen LogP contribution in [0.25, 0.3) is 0 Å². The van der Waals surface area contributed by atoms with Crippen LogP contribution in [0.2, 0.25) is 0 Å². The first-order valence-corrected chi connectivity index (χ1v) is 7.61. The Morgan fingerprint density at radius 3 is 2.46 bits per heavy atom. The summed E-state index contributed by atoms with van der Waals surface area (Å²) < 4.78 is 36.8. The lowest BCUT2D eigenvalue weighted by Crippen LogP contribution is -2.38. The Kier molecular flexibility index (Phi) is 5.22. The van der Waals surface area contributed by atoms with Gasteiger partial charge in [0.05, 0.1) is 25.1 Å². The monoisotopic (exact) mass is 341 g/mol. The molecule has 1 aliphatic heterocycles. The van der Waals surface area contributed by atoms with Crippen LogP contribution in [0, 0.1) is 5.41 Å². The van der Waals surface area contributed by atoms with Gasteiger partial charge in [0.2, 0.25) is 5.78 Å². The van der Waals surface area contributed by atoms with E-state index in [1.54, 1.807) is 45.2 Å². The van der Waals surface area contributed by atoms with Crippen molar-refractivity contribution in [2.75, 3.05) is 13.7 Å². The molecule has 5 nitrogen and oxygen atoms in total. The lowest BCUT2D eigenvalue weighted by atomic mass is 9.84. The van der Waals surface area contributed by atoms with E-state index >= 15 is 0 Å². The van der Waals surface area contributed by atoms with Gasteiger partial charge in [-0.15, -0.1) is 0 Å². The highest BCUT2D eigenvalue weighted by molar-refractivity contribution is 5.93. The van der Waals surface area contributed by atoms with Crippen LogP contribution >= 0.6 is 0 Å². The van der Waals surface area contributed by atoms with Gasteiger partial charge in [-0.1, -0.05) is 12.1 Å². The lowest BCUT2D eigenvalue weighted by molar-refractivity contribution is -0.156. The summed E-state index contributed by atoms with van der Waals surface area (Å²) in [5, 5.41) is 2.47. The van der Waals surface area contributed by atoms with Gasteiger partial charge in [0.1, 0.15) is 12.4 Å². The Balaban J connectivity index is 1.91. The molecule has 7 heteroatoms. The topological polar surface area (TPSA) is 64.6 Å². The Morgan fingerprint density at radius 1 is 1.33 bits per heavy atom. The number of carbonyl (C=O) groups excluding carboxylic acids is 2. The van der Waals surface area contributed by atoms with Crippen molar-refractivity contribution in [3.8, 4) is 5.75 Å². The second-order valence-electron chi connectivity index (χ2n) is 6.51. The third kappa shape index (κ3) is 4.08. The normalized spacial score (nSPS) is 20.0. The zero-order chi connectivity index (χ0) is 18.0. The fourth-order valence-electron chi connectivity index (χ4n) is 2.51. The molecule has 1 N–H and O–H groups in total. The number of alkyl halides is 2. The third-order valence-corrected chi connectivity index (χ3v) is 4.04. The highest BCUT2D eigenvalue weighted by atomic mass is 19.3. The Morgan fingerprint density at radius 2 is 1.96 bits per heavy atom. The SMILES string of the molecule is COc1ccc(COC(=O)C(C)(C)C[C@H]2NCC(F)(F)C2=O)cc1. The number of halogens is 2. The van der Waals surface area contributed by atoms with Gasteiger partial charge in [0.15, 0.2) is 0 Å². The van der Waals surface area contributed by atoms with Gasteiger partial charge >= 0.3 is 11.9 Å². The number of esters is 1. The fourth-order valence-corrected chi connectivity index (χ4v) is 2.51. The molecule has 1 atom stereocenters. The molecule has 0 spiro atoms. The van der Waals surface area contributed by atoms with E-state index in [0.717, 1.165) is 5.56 Å². The van der Waals surface area contributed by atoms with E-state index in [-0.39, 0.29) is 13.0 Å². The molecule has 1 aliphatic rings. The number of hydrogen-bond donors (Lipinski definition) is 1. The number of rotatable bonds is 6. The molecule has 1 heterocycles. The third-order valence-electron chi connectivity index (χ3n) is 4.04. The molecule has 0 unspecified atom stereocenters. The smallest absolute Gasteiger partial charge is 0.318 e. The first-order chi connectivity index (χ1) is 11.2. The van der Waals surface area contributed by atoms with Crippen molar-refractivity contribution < 1.29 is 27.8 Å². The molecule has 0 bridgehead atoms. The predicted molar refractivity (Wildman–Crippen MR) is 82.9 cm³/mol. The molecule has 1 aromatic carbocycles. The Bertz CT molecular complexity index is 614. The molecule has 132 valence electrons. The molecular weight excluding hydrogens is 320 g/mol. The van der Waals surface area contributed by atoms with Gasteiger partial charge in [-0.25, -0.2) is 0 Å². The Labute approximate surface area is 139 Å². The van der Waals surface area contributed by atoms with Crippen molar-refractivity contribution in [3.05, 3.63) is 29.8 Å². The van der Waals surface area contributed by atoms with Crippen molar-refractivity contribution in [1.29, 1.82) is 0 Å². The second-order valence-corrected chi connectivity index (χ2v) is 6.51. The van der Waals surface area contributed by atoms with Crippen LogP contribution in [0.3, 0.4) is 0 Å². The minimum atomic E-state index is -3.37. The summed E-state index contributed by atoms with van der Waals surface area (Å²) in [5.74, 6) is -4.38. The number of benzene rings is 1. The average Bonchev–Trinajstić information content (AvgIpc) is 2.79. The number of methoxy groups -OCH3 is 1. The van der Waals surface area contributed by atoms with Crippen LogP contribution in [-0.4, -0.2) is 37.4 Å². The van der Waals surface area contributed by atoms with E-state index in [1.165, 1.54) is 0 Å². The van der Waals surface area contributed by atoms with E-state index in [9.17, 15) is 18.4 Å². The summed E-state index contributed by atoms with van der Waals surface area (Å²) in [7, 11) is 1.55. The van der Waals surface area contributed by atoms with Crippen molar-refractivity contribution in [3.63, 3.8) is 0 Å². The average molecular weight is 341 g/mol. The molecule has 1 aromatic rings. The van der Waals surface area contributed by atoms with Crippen molar-refractivity contribution in [2.24, 2.45) is 5.41 Å². The summed E-state index contributed by atoms with van der Waals surface area (Å²) >= 11 is 0. The lowest BCUT2D eigenvalue weighted by Gasteiger charge is -2.25. The van der Waals surface area contributed by atoms with Crippen molar-refractivity contribution in [2.45, 2.75) is 38.8 Å². The van der Waals surface area contributed by atoms with Gasteiger partial charge in [-0.05, 0) is 38.0 Å². The zero-order valence-electron chi connectivity index (χ0n) is 13.9. The molecular formula is C17H21F2NO4. The molecule has 0 aromatic heterocycles. The summed E-state index contributed by atoms with van der Waals surface area (Å²) in [4.78, 5) is 23.8. The van der Waals surface area contributed by atoms with Gasteiger partial charge in [-0.2, -0.15) is 8.78 Å². The van der Waals surface area contributed by atoms with Crippen LogP contribution in [0.5, 0.6) is 5.75 Å². The van der Waals surface area contributed by atoms with Crippen molar-refractivity contribution >= 4 is 11.8 Å². The van der Waals surface area contributed by atoms with Crippen LogP contribution in [-0.2, 0) is 20.9 Å². The largest absolute Gasteiger partial charge is 0.497 e.